The number of anilines is 2. The molecule has 6 heteroatoms. The Balaban J connectivity index is 1.66. The molecule has 1 aromatic rings. The van der Waals surface area contributed by atoms with Gasteiger partial charge >= 0.3 is 0 Å². The van der Waals surface area contributed by atoms with Crippen LogP contribution in [-0.4, -0.2) is 44.2 Å². The predicted molar refractivity (Wildman–Crippen MR) is 85.8 cm³/mol. The minimum Gasteiger partial charge on any atom is -0.397 e. The lowest BCUT2D eigenvalue weighted by atomic mass is 10.2. The van der Waals surface area contributed by atoms with Crippen LogP contribution in [0.15, 0.2) is 24.3 Å². The van der Waals surface area contributed by atoms with Gasteiger partial charge in [0.25, 0.3) is 0 Å². The number of rotatable bonds is 3. The lowest BCUT2D eigenvalue weighted by Gasteiger charge is -2.37. The van der Waals surface area contributed by atoms with Gasteiger partial charge in [0, 0.05) is 26.2 Å². The molecule has 0 amide bonds. The highest BCUT2D eigenvalue weighted by Gasteiger charge is 2.35. The summed E-state index contributed by atoms with van der Waals surface area (Å²) in [6, 6.07) is 7.76. The molecule has 21 heavy (non-hydrogen) atoms. The molecule has 2 aliphatic rings. The standard InChI is InChI=1S/C15H23N3O2S/c16-14-7-3-4-8-15(14)17-9-11-18(12-10-17)21(19,20)13-5-1-2-6-13/h3-4,7-8,13H,1-2,5-6,9-12,16H2. The molecule has 1 aromatic carbocycles. The van der Waals surface area contributed by atoms with Gasteiger partial charge in [-0.05, 0) is 25.0 Å². The molecule has 0 radical (unpaired) electrons. The van der Waals surface area contributed by atoms with Crippen molar-refractivity contribution in [3.63, 3.8) is 0 Å². The molecule has 1 aliphatic heterocycles. The maximum atomic E-state index is 12.6. The zero-order chi connectivity index (χ0) is 14.9. The van der Waals surface area contributed by atoms with Crippen molar-refractivity contribution >= 4 is 21.4 Å². The molecule has 1 saturated heterocycles. The second-order valence-corrected chi connectivity index (χ2v) is 8.11. The first-order valence-corrected chi connectivity index (χ1v) is 9.18. The van der Waals surface area contributed by atoms with Crippen molar-refractivity contribution in [3.8, 4) is 0 Å². The normalized spacial score (nSPS) is 21.8. The van der Waals surface area contributed by atoms with Crippen LogP contribution in [0.5, 0.6) is 0 Å². The van der Waals surface area contributed by atoms with Crippen molar-refractivity contribution in [2.45, 2.75) is 30.9 Å². The monoisotopic (exact) mass is 309 g/mol. The van der Waals surface area contributed by atoms with Gasteiger partial charge in [0.05, 0.1) is 16.6 Å². The van der Waals surface area contributed by atoms with Gasteiger partial charge in [-0.25, -0.2) is 8.42 Å². The third-order valence-electron chi connectivity index (χ3n) is 4.60. The van der Waals surface area contributed by atoms with Gasteiger partial charge in [-0.3, -0.25) is 0 Å². The molecule has 1 saturated carbocycles. The molecule has 0 bridgehead atoms. The quantitative estimate of drug-likeness (QED) is 0.862. The first-order valence-electron chi connectivity index (χ1n) is 7.67. The van der Waals surface area contributed by atoms with Gasteiger partial charge in [-0.1, -0.05) is 25.0 Å². The predicted octanol–water partition coefficient (Wildman–Crippen LogP) is 1.66. The van der Waals surface area contributed by atoms with E-state index in [4.69, 9.17) is 5.73 Å². The summed E-state index contributed by atoms with van der Waals surface area (Å²) in [5, 5.41) is -0.147. The van der Waals surface area contributed by atoms with Crippen LogP contribution < -0.4 is 10.6 Å². The second kappa shape index (κ2) is 5.85. The van der Waals surface area contributed by atoms with Crippen LogP contribution in [0.2, 0.25) is 0 Å². The number of nitrogen functional groups attached to an aromatic ring is 1. The van der Waals surface area contributed by atoms with Crippen LogP contribution in [0.4, 0.5) is 11.4 Å². The SMILES string of the molecule is Nc1ccccc1N1CCN(S(=O)(=O)C2CCCC2)CC1. The van der Waals surface area contributed by atoms with Crippen LogP contribution in [0.25, 0.3) is 0 Å². The first-order chi connectivity index (χ1) is 10.1. The van der Waals surface area contributed by atoms with Crippen molar-refractivity contribution in [1.29, 1.82) is 0 Å². The summed E-state index contributed by atoms with van der Waals surface area (Å²) >= 11 is 0. The number of hydrogen-bond acceptors (Lipinski definition) is 4. The van der Waals surface area contributed by atoms with E-state index in [1.165, 1.54) is 0 Å². The van der Waals surface area contributed by atoms with E-state index in [9.17, 15) is 8.42 Å². The van der Waals surface area contributed by atoms with Gasteiger partial charge in [0.1, 0.15) is 0 Å². The van der Waals surface area contributed by atoms with Crippen LogP contribution in [0.1, 0.15) is 25.7 Å². The van der Waals surface area contributed by atoms with Crippen LogP contribution in [0, 0.1) is 0 Å². The fourth-order valence-electron chi connectivity index (χ4n) is 3.36. The third-order valence-corrected chi connectivity index (χ3v) is 7.00. The Morgan fingerprint density at radius 2 is 1.62 bits per heavy atom. The molecule has 5 nitrogen and oxygen atoms in total. The number of para-hydroxylation sites is 2. The summed E-state index contributed by atoms with van der Waals surface area (Å²) < 4.78 is 26.8. The Kier molecular flexibility index (Phi) is 4.08. The summed E-state index contributed by atoms with van der Waals surface area (Å²) in [5.41, 5.74) is 7.76. The zero-order valence-corrected chi connectivity index (χ0v) is 13.1. The topological polar surface area (TPSA) is 66.6 Å². The maximum Gasteiger partial charge on any atom is 0.217 e. The summed E-state index contributed by atoms with van der Waals surface area (Å²) in [4.78, 5) is 2.18. The van der Waals surface area contributed by atoms with Gasteiger partial charge in [-0.2, -0.15) is 4.31 Å². The highest BCUT2D eigenvalue weighted by molar-refractivity contribution is 7.89. The van der Waals surface area contributed by atoms with Gasteiger partial charge in [-0.15, -0.1) is 0 Å². The van der Waals surface area contributed by atoms with Gasteiger partial charge in [0.2, 0.25) is 10.0 Å². The molecular formula is C15H23N3O2S. The van der Waals surface area contributed by atoms with Crippen molar-refractivity contribution in [3.05, 3.63) is 24.3 Å². The molecular weight excluding hydrogens is 286 g/mol. The lowest BCUT2D eigenvalue weighted by Crippen LogP contribution is -2.51. The molecule has 116 valence electrons. The highest BCUT2D eigenvalue weighted by atomic mass is 32.2. The molecule has 2 N–H and O–H groups in total. The molecule has 2 fully saturated rings. The summed E-state index contributed by atoms with van der Waals surface area (Å²) in [6.45, 7) is 2.54. The van der Waals surface area contributed by atoms with E-state index in [1.54, 1.807) is 4.31 Å². The molecule has 1 heterocycles. The minimum atomic E-state index is -3.10. The highest BCUT2D eigenvalue weighted by Crippen LogP contribution is 2.29. The zero-order valence-electron chi connectivity index (χ0n) is 12.2. The molecule has 0 spiro atoms. The third kappa shape index (κ3) is 2.87. The Bertz CT molecular complexity index is 589. The van der Waals surface area contributed by atoms with Crippen molar-refractivity contribution in [2.24, 2.45) is 0 Å². The fourth-order valence-corrected chi connectivity index (χ4v) is 5.38. The van der Waals surface area contributed by atoms with E-state index in [1.807, 2.05) is 24.3 Å². The van der Waals surface area contributed by atoms with Gasteiger partial charge in [0.15, 0.2) is 0 Å². The smallest absolute Gasteiger partial charge is 0.217 e. The van der Waals surface area contributed by atoms with Crippen LogP contribution >= 0.6 is 0 Å². The average Bonchev–Trinajstić information content (AvgIpc) is 3.03. The van der Waals surface area contributed by atoms with E-state index < -0.39 is 10.0 Å². The fraction of sp³-hybridized carbons (Fsp3) is 0.600. The summed E-state index contributed by atoms with van der Waals surface area (Å²) in [7, 11) is -3.10. The Morgan fingerprint density at radius 3 is 2.24 bits per heavy atom. The largest absolute Gasteiger partial charge is 0.397 e. The number of nitrogens with zero attached hydrogens (tertiary/aromatic N) is 2. The average molecular weight is 309 g/mol. The van der Waals surface area contributed by atoms with E-state index in [-0.39, 0.29) is 5.25 Å². The number of hydrogen-bond donors (Lipinski definition) is 1. The number of nitrogens with two attached hydrogens (primary N) is 1. The van der Waals surface area contributed by atoms with E-state index >= 15 is 0 Å². The Morgan fingerprint density at radius 1 is 1.00 bits per heavy atom. The maximum absolute atomic E-state index is 12.6. The first kappa shape index (κ1) is 14.7. The van der Waals surface area contributed by atoms with Crippen LogP contribution in [-0.2, 0) is 10.0 Å². The molecule has 0 aromatic heterocycles. The van der Waals surface area contributed by atoms with Crippen molar-refractivity contribution < 1.29 is 8.42 Å². The molecule has 1 aliphatic carbocycles. The minimum absolute atomic E-state index is 0.147. The number of benzene rings is 1. The second-order valence-electron chi connectivity index (χ2n) is 5.90. The molecule has 0 unspecified atom stereocenters. The lowest BCUT2D eigenvalue weighted by molar-refractivity contribution is 0.379. The summed E-state index contributed by atoms with van der Waals surface area (Å²) in [6.07, 6.45) is 3.75. The van der Waals surface area contributed by atoms with Crippen molar-refractivity contribution in [1.82, 2.24) is 4.31 Å². The number of piperazine rings is 1. The van der Waals surface area contributed by atoms with E-state index in [2.05, 4.69) is 4.90 Å². The Labute approximate surface area is 126 Å². The summed E-state index contributed by atoms with van der Waals surface area (Å²) in [5.74, 6) is 0. The van der Waals surface area contributed by atoms with Crippen LogP contribution in [0.3, 0.4) is 0 Å². The van der Waals surface area contributed by atoms with Crippen molar-refractivity contribution in [2.75, 3.05) is 36.8 Å². The number of sulfonamides is 1. The van der Waals surface area contributed by atoms with E-state index in [0.29, 0.717) is 26.2 Å². The van der Waals surface area contributed by atoms with E-state index in [0.717, 1.165) is 37.1 Å². The molecule has 3 rings (SSSR count). The Hall–Kier alpha value is -1.27. The van der Waals surface area contributed by atoms with Gasteiger partial charge < -0.3 is 10.6 Å². The molecule has 0 atom stereocenters.